The van der Waals surface area contributed by atoms with Crippen molar-refractivity contribution in [3.8, 4) is 0 Å². The van der Waals surface area contributed by atoms with Crippen LogP contribution in [0.5, 0.6) is 0 Å². The first kappa shape index (κ1) is 10.2. The van der Waals surface area contributed by atoms with E-state index in [1.165, 1.54) is 0 Å². The van der Waals surface area contributed by atoms with E-state index in [-0.39, 0.29) is 12.6 Å². The van der Waals surface area contributed by atoms with Crippen molar-refractivity contribution in [1.82, 2.24) is 0 Å². The first-order valence-electron chi connectivity index (χ1n) is 4.73. The summed E-state index contributed by atoms with van der Waals surface area (Å²) in [6.07, 6.45) is 2.08. The van der Waals surface area contributed by atoms with Crippen LogP contribution in [0.15, 0.2) is 24.3 Å². The molecule has 1 unspecified atom stereocenters. The summed E-state index contributed by atoms with van der Waals surface area (Å²) in [6.45, 7) is 2.21. The van der Waals surface area contributed by atoms with Gasteiger partial charge in [0.2, 0.25) is 0 Å². The molecule has 1 aromatic rings. The summed E-state index contributed by atoms with van der Waals surface area (Å²) < 4.78 is 0. The second-order valence-electron chi connectivity index (χ2n) is 3.30. The van der Waals surface area contributed by atoms with E-state index < -0.39 is 0 Å². The molecular weight excluding hydrogens is 162 g/mol. The molecule has 0 radical (unpaired) electrons. The van der Waals surface area contributed by atoms with Gasteiger partial charge in [0, 0.05) is 6.04 Å². The predicted octanol–water partition coefficient (Wildman–Crippen LogP) is 1.98. The fraction of sp³-hybridized carbons (Fsp3) is 0.455. The van der Waals surface area contributed by atoms with Crippen molar-refractivity contribution in [2.24, 2.45) is 5.73 Å². The molecule has 0 fully saturated rings. The van der Waals surface area contributed by atoms with Crippen LogP contribution in [0.1, 0.15) is 36.9 Å². The van der Waals surface area contributed by atoms with E-state index in [4.69, 9.17) is 10.8 Å². The third-order valence-corrected chi connectivity index (χ3v) is 2.16. The van der Waals surface area contributed by atoms with Gasteiger partial charge in [-0.2, -0.15) is 0 Å². The molecule has 0 aliphatic carbocycles. The number of rotatable bonds is 4. The minimum Gasteiger partial charge on any atom is -0.392 e. The van der Waals surface area contributed by atoms with Crippen LogP contribution in [0.2, 0.25) is 0 Å². The van der Waals surface area contributed by atoms with Gasteiger partial charge in [-0.05, 0) is 17.5 Å². The molecule has 3 N–H and O–H groups in total. The highest BCUT2D eigenvalue weighted by Crippen LogP contribution is 2.16. The molecule has 72 valence electrons. The van der Waals surface area contributed by atoms with Crippen molar-refractivity contribution in [2.45, 2.75) is 32.4 Å². The summed E-state index contributed by atoms with van der Waals surface area (Å²) in [5.74, 6) is 0. The Morgan fingerprint density at radius 1 is 1.46 bits per heavy atom. The van der Waals surface area contributed by atoms with Crippen molar-refractivity contribution < 1.29 is 5.11 Å². The van der Waals surface area contributed by atoms with Crippen molar-refractivity contribution in [3.05, 3.63) is 35.4 Å². The maximum Gasteiger partial charge on any atom is 0.0681 e. The van der Waals surface area contributed by atoms with Gasteiger partial charge < -0.3 is 10.8 Å². The lowest BCUT2D eigenvalue weighted by Crippen LogP contribution is -2.09. The smallest absolute Gasteiger partial charge is 0.0681 e. The van der Waals surface area contributed by atoms with E-state index in [1.807, 2.05) is 24.3 Å². The third-order valence-electron chi connectivity index (χ3n) is 2.16. The van der Waals surface area contributed by atoms with Gasteiger partial charge in [-0.15, -0.1) is 0 Å². The van der Waals surface area contributed by atoms with Gasteiger partial charge in [-0.1, -0.05) is 37.6 Å². The molecule has 2 heteroatoms. The standard InChI is InChI=1S/C11H17NO/c1-2-4-11(12)10-6-3-5-9(7-10)8-13/h3,5-7,11,13H,2,4,8,12H2,1H3. The predicted molar refractivity (Wildman–Crippen MR) is 54.2 cm³/mol. The average molecular weight is 179 g/mol. The molecule has 0 aliphatic heterocycles. The summed E-state index contributed by atoms with van der Waals surface area (Å²) in [5, 5.41) is 8.93. The Kier molecular flexibility index (Phi) is 3.93. The Hall–Kier alpha value is -0.860. The summed E-state index contributed by atoms with van der Waals surface area (Å²) in [5.41, 5.74) is 8.00. The normalized spacial score (nSPS) is 12.8. The topological polar surface area (TPSA) is 46.2 Å². The van der Waals surface area contributed by atoms with Crippen LogP contribution in [0.25, 0.3) is 0 Å². The fourth-order valence-corrected chi connectivity index (χ4v) is 1.40. The summed E-state index contributed by atoms with van der Waals surface area (Å²) in [7, 11) is 0. The van der Waals surface area contributed by atoms with Crippen LogP contribution in [-0.2, 0) is 6.61 Å². The molecule has 2 nitrogen and oxygen atoms in total. The molecule has 0 bridgehead atoms. The van der Waals surface area contributed by atoms with Gasteiger partial charge in [-0.3, -0.25) is 0 Å². The Balaban J connectivity index is 2.75. The van der Waals surface area contributed by atoms with Gasteiger partial charge >= 0.3 is 0 Å². The van der Waals surface area contributed by atoms with Gasteiger partial charge in [0.1, 0.15) is 0 Å². The zero-order valence-corrected chi connectivity index (χ0v) is 8.03. The molecule has 1 aromatic carbocycles. The van der Waals surface area contributed by atoms with E-state index in [0.29, 0.717) is 0 Å². The van der Waals surface area contributed by atoms with Crippen molar-refractivity contribution in [1.29, 1.82) is 0 Å². The molecule has 0 saturated heterocycles. The highest BCUT2D eigenvalue weighted by Gasteiger charge is 2.04. The van der Waals surface area contributed by atoms with Crippen LogP contribution in [0.4, 0.5) is 0 Å². The van der Waals surface area contributed by atoms with E-state index in [9.17, 15) is 0 Å². The molecule has 13 heavy (non-hydrogen) atoms. The Morgan fingerprint density at radius 2 is 2.23 bits per heavy atom. The first-order valence-corrected chi connectivity index (χ1v) is 4.73. The van der Waals surface area contributed by atoms with E-state index in [1.54, 1.807) is 0 Å². The SMILES string of the molecule is CCCC(N)c1cccc(CO)c1. The van der Waals surface area contributed by atoms with E-state index in [0.717, 1.165) is 24.0 Å². The maximum absolute atomic E-state index is 8.93. The Morgan fingerprint density at radius 3 is 2.85 bits per heavy atom. The van der Waals surface area contributed by atoms with Crippen LogP contribution in [0, 0.1) is 0 Å². The number of aliphatic hydroxyl groups is 1. The zero-order chi connectivity index (χ0) is 9.68. The molecule has 0 heterocycles. The van der Waals surface area contributed by atoms with Crippen molar-refractivity contribution >= 4 is 0 Å². The number of nitrogens with two attached hydrogens (primary N) is 1. The van der Waals surface area contributed by atoms with Gasteiger partial charge in [0.05, 0.1) is 6.61 Å². The number of aliphatic hydroxyl groups excluding tert-OH is 1. The molecule has 0 aromatic heterocycles. The second-order valence-corrected chi connectivity index (χ2v) is 3.30. The summed E-state index contributed by atoms with van der Waals surface area (Å²) in [4.78, 5) is 0. The fourth-order valence-electron chi connectivity index (χ4n) is 1.40. The van der Waals surface area contributed by atoms with Crippen LogP contribution in [0.3, 0.4) is 0 Å². The lowest BCUT2D eigenvalue weighted by molar-refractivity contribution is 0.281. The van der Waals surface area contributed by atoms with Gasteiger partial charge in [-0.25, -0.2) is 0 Å². The molecule has 1 atom stereocenters. The zero-order valence-electron chi connectivity index (χ0n) is 8.03. The Labute approximate surface area is 79.4 Å². The van der Waals surface area contributed by atoms with Crippen LogP contribution >= 0.6 is 0 Å². The molecule has 0 spiro atoms. The number of hydrogen-bond acceptors (Lipinski definition) is 2. The molecule has 0 saturated carbocycles. The first-order chi connectivity index (χ1) is 6.27. The summed E-state index contributed by atoms with van der Waals surface area (Å²) in [6, 6.07) is 7.94. The minimum absolute atomic E-state index is 0.0900. The monoisotopic (exact) mass is 179 g/mol. The lowest BCUT2D eigenvalue weighted by Gasteiger charge is -2.11. The number of hydrogen-bond donors (Lipinski definition) is 2. The largest absolute Gasteiger partial charge is 0.392 e. The molecule has 0 amide bonds. The van der Waals surface area contributed by atoms with Crippen LogP contribution in [-0.4, -0.2) is 5.11 Å². The highest BCUT2D eigenvalue weighted by molar-refractivity contribution is 5.25. The quantitative estimate of drug-likeness (QED) is 0.742. The lowest BCUT2D eigenvalue weighted by atomic mass is 10.0. The number of benzene rings is 1. The van der Waals surface area contributed by atoms with E-state index >= 15 is 0 Å². The maximum atomic E-state index is 8.93. The average Bonchev–Trinajstić information content (AvgIpc) is 2.18. The Bertz CT molecular complexity index is 260. The van der Waals surface area contributed by atoms with Gasteiger partial charge in [0.25, 0.3) is 0 Å². The highest BCUT2D eigenvalue weighted by atomic mass is 16.3. The van der Waals surface area contributed by atoms with Gasteiger partial charge in [0.15, 0.2) is 0 Å². The van der Waals surface area contributed by atoms with Crippen molar-refractivity contribution in [2.75, 3.05) is 0 Å². The summed E-state index contributed by atoms with van der Waals surface area (Å²) >= 11 is 0. The van der Waals surface area contributed by atoms with E-state index in [2.05, 4.69) is 6.92 Å². The van der Waals surface area contributed by atoms with Crippen molar-refractivity contribution in [3.63, 3.8) is 0 Å². The molecule has 0 aliphatic rings. The van der Waals surface area contributed by atoms with Crippen LogP contribution < -0.4 is 5.73 Å². The third kappa shape index (κ3) is 2.83. The molecular formula is C11H17NO. The second kappa shape index (κ2) is 5.00. The molecule has 1 rings (SSSR count). The minimum atomic E-state index is 0.0900.